The van der Waals surface area contributed by atoms with Gasteiger partial charge in [-0.3, -0.25) is 4.57 Å². The maximum atomic E-state index is 12.5. The molecule has 0 atom stereocenters. The Hall–Kier alpha value is -2.30. The molecule has 1 aromatic carbocycles. The van der Waals surface area contributed by atoms with Crippen LogP contribution in [0.1, 0.15) is 25.7 Å². The van der Waals surface area contributed by atoms with Gasteiger partial charge in [0.15, 0.2) is 0 Å². The molecule has 1 aliphatic carbocycles. The molecule has 0 saturated heterocycles. The summed E-state index contributed by atoms with van der Waals surface area (Å²) >= 11 is 0. The molecule has 1 aromatic heterocycles. The Morgan fingerprint density at radius 1 is 1.27 bits per heavy atom. The molecule has 1 saturated carbocycles. The lowest BCUT2D eigenvalue weighted by Gasteiger charge is -2.23. The average molecular weight is 299 g/mol. The Kier molecular flexibility index (Phi) is 4.13. The lowest BCUT2D eigenvalue weighted by atomic mass is 10.2. The molecule has 5 heteroatoms. The van der Waals surface area contributed by atoms with E-state index in [0.717, 1.165) is 29.8 Å². The number of hydrogen-bond acceptors (Lipinski definition) is 3. The highest BCUT2D eigenvalue weighted by molar-refractivity contribution is 5.78. The van der Waals surface area contributed by atoms with Gasteiger partial charge in [-0.15, -0.1) is 0 Å². The highest BCUT2D eigenvalue weighted by Gasteiger charge is 2.24. The molecule has 0 N–H and O–H groups in total. The average Bonchev–Trinajstić information content (AvgIpc) is 3.25. The zero-order valence-corrected chi connectivity index (χ0v) is 13.0. The molecule has 2 aromatic rings. The van der Waals surface area contributed by atoms with Gasteiger partial charge in [-0.2, -0.15) is 0 Å². The maximum Gasteiger partial charge on any atom is 0.329 e. The summed E-state index contributed by atoms with van der Waals surface area (Å²) in [5.41, 5.74) is 1.76. The zero-order valence-electron chi connectivity index (χ0n) is 13.0. The van der Waals surface area contributed by atoms with Crippen LogP contribution in [0.2, 0.25) is 0 Å². The predicted molar refractivity (Wildman–Crippen MR) is 85.0 cm³/mol. The van der Waals surface area contributed by atoms with Crippen LogP contribution in [0.25, 0.3) is 11.3 Å². The molecule has 0 spiro atoms. The van der Waals surface area contributed by atoms with Gasteiger partial charge < -0.3 is 9.64 Å². The molecule has 116 valence electrons. The lowest BCUT2D eigenvalue weighted by molar-refractivity contribution is 0.192. The molecule has 22 heavy (non-hydrogen) atoms. The smallest absolute Gasteiger partial charge is 0.329 e. The first-order valence-electron chi connectivity index (χ1n) is 7.64. The fourth-order valence-corrected chi connectivity index (χ4v) is 2.97. The predicted octanol–water partition coefficient (Wildman–Crippen LogP) is 3.40. The second kappa shape index (κ2) is 6.22. The highest BCUT2D eigenvalue weighted by atomic mass is 16.5. The normalized spacial score (nSPS) is 15.0. The van der Waals surface area contributed by atoms with Crippen molar-refractivity contribution >= 4 is 6.03 Å². The number of imidazole rings is 1. The Bertz CT molecular complexity index is 642. The first-order valence-corrected chi connectivity index (χ1v) is 7.64. The summed E-state index contributed by atoms with van der Waals surface area (Å²) in [6, 6.07) is 8.01. The topological polar surface area (TPSA) is 47.4 Å². The third-order valence-electron chi connectivity index (χ3n) is 4.36. The summed E-state index contributed by atoms with van der Waals surface area (Å²) in [6.45, 7) is 0. The summed E-state index contributed by atoms with van der Waals surface area (Å²) in [4.78, 5) is 18.7. The van der Waals surface area contributed by atoms with Crippen molar-refractivity contribution in [2.24, 2.45) is 0 Å². The third-order valence-corrected chi connectivity index (χ3v) is 4.36. The lowest BCUT2D eigenvalue weighted by Crippen LogP contribution is -2.37. The standard InChI is InChI=1S/C17H21N3O2/c1-19(14-5-3-4-6-14)17(21)20-11-16(18-12-20)13-7-9-15(22-2)10-8-13/h7-12,14H,3-6H2,1-2H3. The Morgan fingerprint density at radius 2 is 1.95 bits per heavy atom. The summed E-state index contributed by atoms with van der Waals surface area (Å²) in [7, 11) is 3.52. The number of carbonyl (C=O) groups excluding carboxylic acids is 1. The Balaban J connectivity index is 1.76. The van der Waals surface area contributed by atoms with E-state index in [0.29, 0.717) is 6.04 Å². The molecule has 1 fully saturated rings. The van der Waals surface area contributed by atoms with Crippen LogP contribution < -0.4 is 4.74 Å². The van der Waals surface area contributed by atoms with Gasteiger partial charge in [0.2, 0.25) is 0 Å². The van der Waals surface area contributed by atoms with Gasteiger partial charge in [0.25, 0.3) is 0 Å². The molecule has 0 radical (unpaired) electrons. The van der Waals surface area contributed by atoms with Gasteiger partial charge in [0.1, 0.15) is 12.1 Å². The number of hydrogen-bond donors (Lipinski definition) is 0. The molecule has 0 unspecified atom stereocenters. The van der Waals surface area contributed by atoms with Crippen LogP contribution in [0.15, 0.2) is 36.8 Å². The van der Waals surface area contributed by atoms with Crippen molar-refractivity contribution in [3.05, 3.63) is 36.8 Å². The number of rotatable bonds is 3. The van der Waals surface area contributed by atoms with Gasteiger partial charge in [-0.25, -0.2) is 9.78 Å². The minimum atomic E-state index is -0.0147. The van der Waals surface area contributed by atoms with Crippen LogP contribution in [-0.4, -0.2) is 40.7 Å². The minimum absolute atomic E-state index is 0.0147. The van der Waals surface area contributed by atoms with E-state index in [1.54, 1.807) is 24.2 Å². The van der Waals surface area contributed by atoms with E-state index in [1.807, 2.05) is 36.2 Å². The van der Waals surface area contributed by atoms with Crippen molar-refractivity contribution in [3.8, 4) is 17.0 Å². The van der Waals surface area contributed by atoms with Crippen LogP contribution in [0.4, 0.5) is 4.79 Å². The van der Waals surface area contributed by atoms with Crippen molar-refractivity contribution in [2.75, 3.05) is 14.2 Å². The van der Waals surface area contributed by atoms with E-state index >= 15 is 0 Å². The Labute approximate surface area is 130 Å². The Morgan fingerprint density at radius 3 is 2.59 bits per heavy atom. The quantitative estimate of drug-likeness (QED) is 0.872. The zero-order chi connectivity index (χ0) is 15.5. The number of aromatic nitrogens is 2. The molecule has 0 bridgehead atoms. The summed E-state index contributed by atoms with van der Waals surface area (Å²) in [5.74, 6) is 0.806. The second-order valence-electron chi connectivity index (χ2n) is 5.73. The van der Waals surface area contributed by atoms with Crippen LogP contribution in [0.5, 0.6) is 5.75 Å². The summed E-state index contributed by atoms with van der Waals surface area (Å²) < 4.78 is 6.72. The molecule has 0 aliphatic heterocycles. The fourth-order valence-electron chi connectivity index (χ4n) is 2.97. The monoisotopic (exact) mass is 299 g/mol. The number of nitrogens with zero attached hydrogens (tertiary/aromatic N) is 3. The first-order chi connectivity index (χ1) is 10.7. The number of benzene rings is 1. The van der Waals surface area contributed by atoms with Gasteiger partial charge in [-0.1, -0.05) is 12.8 Å². The van der Waals surface area contributed by atoms with Crippen molar-refractivity contribution in [1.82, 2.24) is 14.5 Å². The molecule has 1 aliphatic rings. The minimum Gasteiger partial charge on any atom is -0.497 e. The van der Waals surface area contributed by atoms with E-state index in [9.17, 15) is 4.79 Å². The number of ether oxygens (including phenoxy) is 1. The van der Waals surface area contributed by atoms with E-state index in [-0.39, 0.29) is 6.03 Å². The van der Waals surface area contributed by atoms with Gasteiger partial charge in [-0.05, 0) is 37.1 Å². The molecule has 1 amide bonds. The van der Waals surface area contributed by atoms with Gasteiger partial charge in [0, 0.05) is 24.8 Å². The summed E-state index contributed by atoms with van der Waals surface area (Å²) in [6.07, 6.45) is 8.00. The van der Waals surface area contributed by atoms with Crippen LogP contribution in [0, 0.1) is 0 Å². The van der Waals surface area contributed by atoms with E-state index in [1.165, 1.54) is 12.8 Å². The third kappa shape index (κ3) is 2.84. The largest absolute Gasteiger partial charge is 0.497 e. The second-order valence-corrected chi connectivity index (χ2v) is 5.73. The first kappa shape index (κ1) is 14.6. The van der Waals surface area contributed by atoms with E-state index in [2.05, 4.69) is 4.98 Å². The molecular weight excluding hydrogens is 278 g/mol. The molecule has 3 rings (SSSR count). The van der Waals surface area contributed by atoms with Gasteiger partial charge in [0.05, 0.1) is 12.8 Å². The number of amides is 1. The number of carbonyl (C=O) groups is 1. The van der Waals surface area contributed by atoms with Crippen LogP contribution in [0.3, 0.4) is 0 Å². The fraction of sp³-hybridized carbons (Fsp3) is 0.412. The molecular formula is C17H21N3O2. The number of methoxy groups -OCH3 is 1. The summed E-state index contributed by atoms with van der Waals surface area (Å²) in [5, 5.41) is 0. The van der Waals surface area contributed by atoms with Gasteiger partial charge >= 0.3 is 6.03 Å². The van der Waals surface area contributed by atoms with Crippen molar-refractivity contribution in [3.63, 3.8) is 0 Å². The molecule has 1 heterocycles. The van der Waals surface area contributed by atoms with E-state index < -0.39 is 0 Å². The molecule has 5 nitrogen and oxygen atoms in total. The SMILES string of the molecule is COc1ccc(-c2cn(C(=O)N(C)C3CCCC3)cn2)cc1. The van der Waals surface area contributed by atoms with Crippen LogP contribution >= 0.6 is 0 Å². The van der Waals surface area contributed by atoms with Crippen molar-refractivity contribution in [2.45, 2.75) is 31.7 Å². The van der Waals surface area contributed by atoms with E-state index in [4.69, 9.17) is 4.74 Å². The van der Waals surface area contributed by atoms with Crippen molar-refractivity contribution < 1.29 is 9.53 Å². The maximum absolute atomic E-state index is 12.5. The highest BCUT2D eigenvalue weighted by Crippen LogP contribution is 2.24. The van der Waals surface area contributed by atoms with Crippen LogP contribution in [-0.2, 0) is 0 Å². The van der Waals surface area contributed by atoms with Crippen molar-refractivity contribution in [1.29, 1.82) is 0 Å².